The normalized spacial score (nSPS) is 12.4. The second kappa shape index (κ2) is 10.4. The number of hydrogen-bond acceptors (Lipinski definition) is 4. The van der Waals surface area contributed by atoms with Crippen LogP contribution >= 0.6 is 0 Å². The molecule has 0 spiro atoms. The monoisotopic (exact) mass is 546 g/mol. The van der Waals surface area contributed by atoms with Crippen molar-refractivity contribution in [3.63, 3.8) is 0 Å². The molecule has 0 aromatic heterocycles. The highest BCUT2D eigenvalue weighted by atomic mass is 19.4. The minimum absolute atomic E-state index is 0.195. The Hall–Kier alpha value is -4.34. The van der Waals surface area contributed by atoms with E-state index in [-0.39, 0.29) is 22.6 Å². The molecule has 0 aliphatic rings. The molecule has 39 heavy (non-hydrogen) atoms. The van der Waals surface area contributed by atoms with Crippen LogP contribution in [0.1, 0.15) is 18.1 Å². The van der Waals surface area contributed by atoms with Gasteiger partial charge in [-0.15, -0.1) is 0 Å². The topological polar surface area (TPSA) is 70.5 Å². The van der Waals surface area contributed by atoms with Gasteiger partial charge in [-0.05, 0) is 83.9 Å². The molecule has 0 saturated heterocycles. The molecule has 0 unspecified atom stereocenters. The second-order valence-corrected chi connectivity index (χ2v) is 9.11. The maximum absolute atomic E-state index is 14.1. The molecule has 4 aromatic rings. The van der Waals surface area contributed by atoms with Gasteiger partial charge in [0.25, 0.3) is 0 Å². The number of benzene rings is 4. The first-order valence-electron chi connectivity index (χ1n) is 11.7. The van der Waals surface area contributed by atoms with E-state index in [2.05, 4.69) is 0 Å². The van der Waals surface area contributed by atoms with Crippen LogP contribution in [0.5, 0.6) is 23.0 Å². The Labute approximate surface area is 220 Å². The lowest BCUT2D eigenvalue weighted by Gasteiger charge is -2.40. The lowest BCUT2D eigenvalue weighted by Crippen LogP contribution is -2.50. The first-order valence-corrected chi connectivity index (χ1v) is 11.7. The predicted molar refractivity (Wildman–Crippen MR) is 137 cm³/mol. The molecule has 0 heterocycles. The fourth-order valence-electron chi connectivity index (χ4n) is 4.42. The van der Waals surface area contributed by atoms with Crippen LogP contribution in [0, 0.1) is 5.92 Å². The van der Waals surface area contributed by atoms with E-state index in [0.717, 1.165) is 6.92 Å². The van der Waals surface area contributed by atoms with Crippen LogP contribution in [0.25, 0.3) is 0 Å². The van der Waals surface area contributed by atoms with Crippen molar-refractivity contribution < 1.29 is 35.8 Å². The Balaban J connectivity index is 1.73. The summed E-state index contributed by atoms with van der Waals surface area (Å²) in [4.78, 5) is 0. The average Bonchev–Trinajstić information content (AvgIpc) is 2.86. The molecule has 0 aliphatic carbocycles. The number of nitrogens with two attached hydrogens (primary N) is 2. The van der Waals surface area contributed by atoms with Gasteiger partial charge in [0.05, 0.1) is 0 Å². The number of halogens is 6. The Morgan fingerprint density at radius 1 is 0.487 bits per heavy atom. The lowest BCUT2D eigenvalue weighted by molar-refractivity contribution is -0.298. The lowest BCUT2D eigenvalue weighted by atomic mass is 9.66. The summed E-state index contributed by atoms with van der Waals surface area (Å²) >= 11 is 0. The Kier molecular flexibility index (Phi) is 7.41. The Morgan fingerprint density at radius 2 is 0.744 bits per heavy atom. The molecule has 0 bridgehead atoms. The van der Waals surface area contributed by atoms with Crippen molar-refractivity contribution in [1.82, 2.24) is 0 Å². The summed E-state index contributed by atoms with van der Waals surface area (Å²) in [6.45, 7) is 0.935. The van der Waals surface area contributed by atoms with Crippen molar-refractivity contribution in [3.8, 4) is 23.0 Å². The van der Waals surface area contributed by atoms with Gasteiger partial charge in [-0.3, -0.25) is 0 Å². The van der Waals surface area contributed by atoms with Crippen molar-refractivity contribution in [2.75, 3.05) is 11.5 Å². The second-order valence-electron chi connectivity index (χ2n) is 9.11. The predicted octanol–water partition coefficient (Wildman–Crippen LogP) is 8.48. The van der Waals surface area contributed by atoms with Crippen molar-refractivity contribution >= 4 is 11.4 Å². The molecule has 0 amide bonds. The number of rotatable bonds is 7. The first kappa shape index (κ1) is 27.7. The number of ether oxygens (including phenoxy) is 2. The number of anilines is 2. The van der Waals surface area contributed by atoms with Gasteiger partial charge in [-0.2, -0.15) is 26.3 Å². The van der Waals surface area contributed by atoms with Crippen LogP contribution in [-0.2, 0) is 5.41 Å². The zero-order valence-electron chi connectivity index (χ0n) is 20.6. The SMILES string of the molecule is CC(c1ccc(Oc2ccc(N)cc2)cc1)(c1ccc(Oc2ccc(N)cc2)cc1)C(C(F)(F)F)C(F)(F)F. The summed E-state index contributed by atoms with van der Waals surface area (Å²) in [5, 5.41) is 0. The van der Waals surface area contributed by atoms with Gasteiger partial charge in [-0.25, -0.2) is 0 Å². The van der Waals surface area contributed by atoms with Crippen molar-refractivity contribution in [3.05, 3.63) is 108 Å². The Bertz CT molecular complexity index is 1280. The van der Waals surface area contributed by atoms with E-state index in [1.165, 1.54) is 48.5 Å². The molecule has 10 heteroatoms. The minimum Gasteiger partial charge on any atom is -0.457 e. The molecule has 0 radical (unpaired) electrons. The molecule has 0 fully saturated rings. The fourth-order valence-corrected chi connectivity index (χ4v) is 4.42. The summed E-state index contributed by atoms with van der Waals surface area (Å²) in [7, 11) is 0. The highest BCUT2D eigenvalue weighted by Gasteiger charge is 2.65. The van der Waals surface area contributed by atoms with Gasteiger partial charge in [0.2, 0.25) is 0 Å². The summed E-state index contributed by atoms with van der Waals surface area (Å²) in [5.41, 5.74) is 9.37. The van der Waals surface area contributed by atoms with Crippen molar-refractivity contribution in [1.29, 1.82) is 0 Å². The van der Waals surface area contributed by atoms with Gasteiger partial charge in [0.15, 0.2) is 5.92 Å². The fraction of sp³-hybridized carbons (Fsp3) is 0.172. The van der Waals surface area contributed by atoms with Gasteiger partial charge >= 0.3 is 12.4 Å². The highest BCUT2D eigenvalue weighted by molar-refractivity contribution is 5.47. The summed E-state index contributed by atoms with van der Waals surface area (Å²) in [6.07, 6.45) is -11.2. The van der Waals surface area contributed by atoms with E-state index in [4.69, 9.17) is 20.9 Å². The zero-order valence-corrected chi connectivity index (χ0v) is 20.6. The maximum Gasteiger partial charge on any atom is 0.401 e. The molecule has 4 N–H and O–H groups in total. The summed E-state index contributed by atoms with van der Waals surface area (Å²) < 4.78 is 95.9. The standard InChI is InChI=1S/C29H24F6N2O2/c1-27(26(28(30,31)32)29(33,34)35,18-2-10-22(11-3-18)38-24-14-6-20(36)7-15-24)19-4-12-23(13-5-19)39-25-16-8-21(37)9-17-25/h2-17,26H,36-37H2,1H3. The third-order valence-corrected chi connectivity index (χ3v) is 6.37. The molecular weight excluding hydrogens is 522 g/mol. The zero-order chi connectivity index (χ0) is 28.4. The highest BCUT2D eigenvalue weighted by Crippen LogP contribution is 2.54. The van der Waals surface area contributed by atoms with E-state index in [1.54, 1.807) is 48.5 Å². The number of hydrogen-bond donors (Lipinski definition) is 2. The van der Waals surface area contributed by atoms with Crippen molar-refractivity contribution in [2.45, 2.75) is 24.7 Å². The molecule has 0 atom stereocenters. The smallest absolute Gasteiger partial charge is 0.401 e. The summed E-state index contributed by atoms with van der Waals surface area (Å²) in [5.74, 6) is -2.42. The van der Waals surface area contributed by atoms with Gasteiger partial charge in [-0.1, -0.05) is 31.2 Å². The van der Waals surface area contributed by atoms with Crippen LogP contribution < -0.4 is 20.9 Å². The third kappa shape index (κ3) is 6.22. The van der Waals surface area contributed by atoms with E-state index in [1.807, 2.05) is 0 Å². The largest absolute Gasteiger partial charge is 0.457 e. The van der Waals surface area contributed by atoms with E-state index < -0.39 is 23.7 Å². The molecule has 4 aromatic carbocycles. The van der Waals surface area contributed by atoms with E-state index in [0.29, 0.717) is 22.9 Å². The van der Waals surface area contributed by atoms with Crippen molar-refractivity contribution in [2.24, 2.45) is 5.92 Å². The molecule has 4 rings (SSSR count). The van der Waals surface area contributed by atoms with E-state index >= 15 is 0 Å². The van der Waals surface area contributed by atoms with E-state index in [9.17, 15) is 26.3 Å². The molecule has 0 aliphatic heterocycles. The van der Waals surface area contributed by atoms with Crippen LogP contribution in [0.15, 0.2) is 97.1 Å². The average molecular weight is 547 g/mol. The van der Waals surface area contributed by atoms with Crippen LogP contribution in [0.4, 0.5) is 37.7 Å². The number of alkyl halides is 6. The van der Waals surface area contributed by atoms with Crippen LogP contribution in [0.3, 0.4) is 0 Å². The Morgan fingerprint density at radius 3 is 1.00 bits per heavy atom. The van der Waals surface area contributed by atoms with Crippen LogP contribution in [0.2, 0.25) is 0 Å². The quantitative estimate of drug-likeness (QED) is 0.180. The van der Waals surface area contributed by atoms with Gasteiger partial charge < -0.3 is 20.9 Å². The van der Waals surface area contributed by atoms with Crippen LogP contribution in [-0.4, -0.2) is 12.4 Å². The molecule has 4 nitrogen and oxygen atoms in total. The minimum atomic E-state index is -5.59. The molecule has 204 valence electrons. The first-order chi connectivity index (χ1) is 18.3. The third-order valence-electron chi connectivity index (χ3n) is 6.37. The maximum atomic E-state index is 14.1. The van der Waals surface area contributed by atoms with Gasteiger partial charge in [0, 0.05) is 16.8 Å². The van der Waals surface area contributed by atoms with Gasteiger partial charge in [0.1, 0.15) is 23.0 Å². The number of nitrogen functional groups attached to an aromatic ring is 2. The molecular formula is C29H24F6N2O2. The molecule has 0 saturated carbocycles. The summed E-state index contributed by atoms with van der Waals surface area (Å²) in [6, 6.07) is 22.9.